The van der Waals surface area contributed by atoms with Crippen LogP contribution in [-0.2, 0) is 6.18 Å². The van der Waals surface area contributed by atoms with Crippen LogP contribution in [0.5, 0.6) is 0 Å². The van der Waals surface area contributed by atoms with Gasteiger partial charge in [0.2, 0.25) is 0 Å². The minimum absolute atomic E-state index is 0.0691. The number of aromatic amines is 1. The van der Waals surface area contributed by atoms with Gasteiger partial charge in [0, 0.05) is 12.7 Å². The van der Waals surface area contributed by atoms with Crippen LogP contribution in [0.1, 0.15) is 27.7 Å². The molecule has 1 atom stereocenters. The monoisotopic (exact) mass is 332 g/mol. The Labute approximate surface area is 128 Å². The largest absolute Gasteiger partial charge is 0.416 e. The molecule has 2 aromatic rings. The van der Waals surface area contributed by atoms with E-state index in [2.05, 4.69) is 10.3 Å². The van der Waals surface area contributed by atoms with Gasteiger partial charge < -0.3 is 15.4 Å². The van der Waals surface area contributed by atoms with Gasteiger partial charge in [-0.1, -0.05) is 23.7 Å². The SMILES string of the molecule is O=C(NCC(O)c1cccc(C(F)(F)F)c1)c1cc(Cl)c[nH]1. The van der Waals surface area contributed by atoms with E-state index in [0.29, 0.717) is 5.02 Å². The fourth-order valence-electron chi connectivity index (χ4n) is 1.82. The number of carbonyl (C=O) groups is 1. The summed E-state index contributed by atoms with van der Waals surface area (Å²) in [6.07, 6.45) is -4.32. The Hall–Kier alpha value is -1.99. The Kier molecular flexibility index (Phi) is 4.77. The third kappa shape index (κ3) is 4.02. The molecule has 0 radical (unpaired) electrons. The molecule has 0 fully saturated rings. The lowest BCUT2D eigenvalue weighted by Gasteiger charge is -2.14. The van der Waals surface area contributed by atoms with Crippen molar-refractivity contribution in [2.45, 2.75) is 12.3 Å². The lowest BCUT2D eigenvalue weighted by atomic mass is 10.1. The third-order valence-electron chi connectivity index (χ3n) is 2.95. The molecule has 0 aliphatic heterocycles. The van der Waals surface area contributed by atoms with E-state index in [0.717, 1.165) is 12.1 Å². The summed E-state index contributed by atoms with van der Waals surface area (Å²) in [6.45, 7) is -0.225. The quantitative estimate of drug-likeness (QED) is 0.805. The fraction of sp³-hybridized carbons (Fsp3) is 0.214. The summed E-state index contributed by atoms with van der Waals surface area (Å²) in [4.78, 5) is 14.4. The highest BCUT2D eigenvalue weighted by molar-refractivity contribution is 6.30. The number of aromatic nitrogens is 1. The van der Waals surface area contributed by atoms with E-state index >= 15 is 0 Å². The zero-order chi connectivity index (χ0) is 16.3. The first-order chi connectivity index (χ1) is 10.3. The van der Waals surface area contributed by atoms with E-state index in [1.807, 2.05) is 0 Å². The average molecular weight is 333 g/mol. The minimum Gasteiger partial charge on any atom is -0.387 e. The Bertz CT molecular complexity index is 670. The molecule has 0 aliphatic carbocycles. The van der Waals surface area contributed by atoms with Gasteiger partial charge in [0.25, 0.3) is 5.91 Å². The molecule has 8 heteroatoms. The maximum atomic E-state index is 12.6. The van der Waals surface area contributed by atoms with Crippen LogP contribution in [0.15, 0.2) is 36.5 Å². The van der Waals surface area contributed by atoms with Crippen molar-refractivity contribution in [2.75, 3.05) is 6.54 Å². The van der Waals surface area contributed by atoms with Gasteiger partial charge in [0.1, 0.15) is 5.69 Å². The Morgan fingerprint density at radius 1 is 1.36 bits per heavy atom. The summed E-state index contributed by atoms with van der Waals surface area (Å²) in [5.41, 5.74) is -0.590. The zero-order valence-electron chi connectivity index (χ0n) is 11.1. The van der Waals surface area contributed by atoms with Crippen molar-refractivity contribution in [3.63, 3.8) is 0 Å². The van der Waals surface area contributed by atoms with Crippen molar-refractivity contribution < 1.29 is 23.1 Å². The van der Waals surface area contributed by atoms with E-state index in [1.165, 1.54) is 24.4 Å². The number of rotatable bonds is 4. The molecule has 1 unspecified atom stereocenters. The van der Waals surface area contributed by atoms with Crippen LogP contribution < -0.4 is 5.32 Å². The van der Waals surface area contributed by atoms with Crippen LogP contribution in [0.25, 0.3) is 0 Å². The minimum atomic E-state index is -4.49. The molecule has 118 valence electrons. The van der Waals surface area contributed by atoms with Crippen molar-refractivity contribution in [1.82, 2.24) is 10.3 Å². The molecule has 22 heavy (non-hydrogen) atoms. The summed E-state index contributed by atoms with van der Waals surface area (Å²) in [5.74, 6) is -0.516. The number of halogens is 4. The van der Waals surface area contributed by atoms with Gasteiger partial charge in [-0.3, -0.25) is 4.79 Å². The van der Waals surface area contributed by atoms with Crippen molar-refractivity contribution in [3.8, 4) is 0 Å². The van der Waals surface area contributed by atoms with E-state index in [4.69, 9.17) is 11.6 Å². The van der Waals surface area contributed by atoms with E-state index < -0.39 is 23.8 Å². The molecular weight excluding hydrogens is 321 g/mol. The molecule has 0 spiro atoms. The summed E-state index contributed by atoms with van der Waals surface area (Å²) < 4.78 is 37.8. The molecule has 0 bridgehead atoms. The number of hydrogen-bond donors (Lipinski definition) is 3. The highest BCUT2D eigenvalue weighted by atomic mass is 35.5. The van der Waals surface area contributed by atoms with Gasteiger partial charge in [0.15, 0.2) is 0 Å². The maximum Gasteiger partial charge on any atom is 0.416 e. The molecule has 1 aromatic heterocycles. The van der Waals surface area contributed by atoms with Crippen molar-refractivity contribution in [2.24, 2.45) is 0 Å². The number of amides is 1. The Morgan fingerprint density at radius 2 is 2.09 bits per heavy atom. The number of H-pyrrole nitrogens is 1. The van der Waals surface area contributed by atoms with Gasteiger partial charge in [-0.2, -0.15) is 13.2 Å². The topological polar surface area (TPSA) is 65.1 Å². The first kappa shape index (κ1) is 16.4. The number of aliphatic hydroxyl groups excluding tert-OH is 1. The summed E-state index contributed by atoms with van der Waals surface area (Å²) in [7, 11) is 0. The normalized spacial score (nSPS) is 13.0. The molecule has 2 rings (SSSR count). The number of alkyl halides is 3. The summed E-state index contributed by atoms with van der Waals surface area (Å²) >= 11 is 5.66. The van der Waals surface area contributed by atoms with Gasteiger partial charge in [-0.15, -0.1) is 0 Å². The maximum absolute atomic E-state index is 12.6. The van der Waals surface area contributed by atoms with Crippen LogP contribution in [0.3, 0.4) is 0 Å². The number of nitrogens with one attached hydrogen (secondary N) is 2. The van der Waals surface area contributed by atoms with Crippen LogP contribution in [0.4, 0.5) is 13.2 Å². The average Bonchev–Trinajstić information content (AvgIpc) is 2.90. The van der Waals surface area contributed by atoms with Gasteiger partial charge in [-0.05, 0) is 23.8 Å². The van der Waals surface area contributed by atoms with Gasteiger partial charge in [0.05, 0.1) is 16.7 Å². The van der Waals surface area contributed by atoms with E-state index in [-0.39, 0.29) is 17.8 Å². The van der Waals surface area contributed by atoms with Crippen LogP contribution in [-0.4, -0.2) is 22.5 Å². The second-order valence-electron chi connectivity index (χ2n) is 4.58. The Morgan fingerprint density at radius 3 is 2.68 bits per heavy atom. The van der Waals surface area contributed by atoms with Crippen molar-refractivity contribution in [3.05, 3.63) is 58.4 Å². The third-order valence-corrected chi connectivity index (χ3v) is 3.17. The molecule has 0 aliphatic rings. The first-order valence-corrected chi connectivity index (χ1v) is 6.62. The lowest BCUT2D eigenvalue weighted by Crippen LogP contribution is -2.28. The second-order valence-corrected chi connectivity index (χ2v) is 5.02. The summed E-state index contributed by atoms with van der Waals surface area (Å²) in [5, 5.41) is 12.7. The van der Waals surface area contributed by atoms with Crippen molar-refractivity contribution in [1.29, 1.82) is 0 Å². The molecule has 1 heterocycles. The highest BCUT2D eigenvalue weighted by Gasteiger charge is 2.30. The first-order valence-electron chi connectivity index (χ1n) is 6.24. The lowest BCUT2D eigenvalue weighted by molar-refractivity contribution is -0.137. The van der Waals surface area contributed by atoms with Gasteiger partial charge >= 0.3 is 6.18 Å². The molecule has 1 amide bonds. The summed E-state index contributed by atoms with van der Waals surface area (Å²) in [6, 6.07) is 5.72. The number of aliphatic hydroxyl groups is 1. The number of benzene rings is 1. The molecular formula is C14H12ClF3N2O2. The fourth-order valence-corrected chi connectivity index (χ4v) is 1.99. The zero-order valence-corrected chi connectivity index (χ0v) is 11.9. The smallest absolute Gasteiger partial charge is 0.387 e. The van der Waals surface area contributed by atoms with Crippen LogP contribution in [0, 0.1) is 0 Å². The molecule has 4 nitrogen and oxygen atoms in total. The second kappa shape index (κ2) is 6.41. The molecule has 0 saturated heterocycles. The molecule has 1 aromatic carbocycles. The predicted molar refractivity (Wildman–Crippen MR) is 74.5 cm³/mol. The molecule has 3 N–H and O–H groups in total. The van der Waals surface area contributed by atoms with Crippen LogP contribution >= 0.6 is 11.6 Å². The van der Waals surface area contributed by atoms with Gasteiger partial charge in [-0.25, -0.2) is 0 Å². The van der Waals surface area contributed by atoms with Crippen LogP contribution in [0.2, 0.25) is 5.02 Å². The van der Waals surface area contributed by atoms with E-state index in [9.17, 15) is 23.1 Å². The molecule has 0 saturated carbocycles. The number of hydrogen-bond acceptors (Lipinski definition) is 2. The Balaban J connectivity index is 2.00. The highest BCUT2D eigenvalue weighted by Crippen LogP contribution is 2.30. The number of carbonyl (C=O) groups excluding carboxylic acids is 1. The standard InChI is InChI=1S/C14H12ClF3N2O2/c15-10-5-11(19-6-10)13(22)20-7-12(21)8-2-1-3-9(4-8)14(16,17)18/h1-6,12,19,21H,7H2,(H,20,22). The van der Waals surface area contributed by atoms with Crippen molar-refractivity contribution >= 4 is 17.5 Å². The van der Waals surface area contributed by atoms with E-state index in [1.54, 1.807) is 0 Å². The predicted octanol–water partition coefficient (Wildman–Crippen LogP) is 3.15.